The average molecular weight is 293 g/mol. The summed E-state index contributed by atoms with van der Waals surface area (Å²) < 4.78 is 5.80. The minimum atomic E-state index is 0.102. The number of halogens is 1. The van der Waals surface area contributed by atoms with Gasteiger partial charge < -0.3 is 10.1 Å². The summed E-state index contributed by atoms with van der Waals surface area (Å²) in [5.41, 5.74) is 1.55. The molecule has 108 valence electrons. The maximum Gasteiger partial charge on any atom is 0.101 e. The van der Waals surface area contributed by atoms with Crippen molar-refractivity contribution in [3.8, 4) is 6.07 Å². The second kappa shape index (κ2) is 6.03. The SMILES string of the molecule is CCOC1CC(Nc2cc(Cl)ccc2C#N)C1(C)CC. The lowest BCUT2D eigenvalue weighted by atomic mass is 9.61. The van der Waals surface area contributed by atoms with Gasteiger partial charge in [0.05, 0.1) is 17.4 Å². The van der Waals surface area contributed by atoms with Crippen LogP contribution in [0.5, 0.6) is 0 Å². The van der Waals surface area contributed by atoms with Gasteiger partial charge in [0.2, 0.25) is 0 Å². The minimum Gasteiger partial charge on any atom is -0.380 e. The summed E-state index contributed by atoms with van der Waals surface area (Å²) in [5, 5.41) is 13.3. The van der Waals surface area contributed by atoms with Gasteiger partial charge in [0.15, 0.2) is 0 Å². The molecular formula is C16H21ClN2O. The van der Waals surface area contributed by atoms with Crippen LogP contribution in [0.2, 0.25) is 5.02 Å². The Hall–Kier alpha value is -1.24. The largest absolute Gasteiger partial charge is 0.380 e. The second-order valence-corrected chi connectivity index (χ2v) is 5.97. The van der Waals surface area contributed by atoms with E-state index in [1.54, 1.807) is 12.1 Å². The molecule has 0 aliphatic heterocycles. The molecular weight excluding hydrogens is 272 g/mol. The minimum absolute atomic E-state index is 0.102. The van der Waals surface area contributed by atoms with Crippen molar-refractivity contribution in [3.05, 3.63) is 28.8 Å². The summed E-state index contributed by atoms with van der Waals surface area (Å²) in [6, 6.07) is 7.84. The molecule has 0 heterocycles. The van der Waals surface area contributed by atoms with Crippen LogP contribution in [0.25, 0.3) is 0 Å². The average Bonchev–Trinajstić information content (AvgIpc) is 2.45. The van der Waals surface area contributed by atoms with Crippen LogP contribution in [-0.2, 0) is 4.74 Å². The Morgan fingerprint density at radius 1 is 1.50 bits per heavy atom. The van der Waals surface area contributed by atoms with Gasteiger partial charge >= 0.3 is 0 Å². The molecule has 1 aromatic carbocycles. The normalized spacial score (nSPS) is 28.6. The van der Waals surface area contributed by atoms with Gasteiger partial charge in [-0.1, -0.05) is 25.4 Å². The van der Waals surface area contributed by atoms with Crippen molar-refractivity contribution in [2.75, 3.05) is 11.9 Å². The highest BCUT2D eigenvalue weighted by Crippen LogP contribution is 2.47. The maximum absolute atomic E-state index is 9.18. The molecule has 0 spiro atoms. The summed E-state index contributed by atoms with van der Waals surface area (Å²) in [6.07, 6.45) is 2.30. The highest BCUT2D eigenvalue weighted by Gasteiger charge is 2.51. The summed E-state index contributed by atoms with van der Waals surface area (Å²) in [5.74, 6) is 0. The van der Waals surface area contributed by atoms with Crippen LogP contribution in [0.3, 0.4) is 0 Å². The fourth-order valence-electron chi connectivity index (χ4n) is 2.89. The van der Waals surface area contributed by atoms with Crippen molar-refractivity contribution in [2.45, 2.75) is 45.8 Å². The molecule has 1 aliphatic carbocycles. The third kappa shape index (κ3) is 2.63. The van der Waals surface area contributed by atoms with E-state index in [1.165, 1.54) is 0 Å². The third-order valence-corrected chi connectivity index (χ3v) is 4.78. The first-order valence-corrected chi connectivity index (χ1v) is 7.50. The van der Waals surface area contributed by atoms with Crippen molar-refractivity contribution >= 4 is 17.3 Å². The van der Waals surface area contributed by atoms with Gasteiger partial charge in [0.1, 0.15) is 6.07 Å². The molecule has 0 bridgehead atoms. The molecule has 3 unspecified atom stereocenters. The highest BCUT2D eigenvalue weighted by molar-refractivity contribution is 6.30. The van der Waals surface area contributed by atoms with E-state index in [1.807, 2.05) is 13.0 Å². The number of nitrogens with one attached hydrogen (secondary N) is 1. The van der Waals surface area contributed by atoms with Gasteiger partial charge in [-0.3, -0.25) is 0 Å². The summed E-state index contributed by atoms with van der Waals surface area (Å²) in [4.78, 5) is 0. The Labute approximate surface area is 125 Å². The predicted molar refractivity (Wildman–Crippen MR) is 82.0 cm³/mol. The molecule has 20 heavy (non-hydrogen) atoms. The number of nitrogens with zero attached hydrogens (tertiary/aromatic N) is 1. The monoisotopic (exact) mass is 292 g/mol. The zero-order chi connectivity index (χ0) is 14.8. The van der Waals surface area contributed by atoms with Crippen LogP contribution < -0.4 is 5.32 Å². The molecule has 3 nitrogen and oxygen atoms in total. The van der Waals surface area contributed by atoms with Gasteiger partial charge in [-0.2, -0.15) is 5.26 Å². The van der Waals surface area contributed by atoms with Crippen LogP contribution in [0.15, 0.2) is 18.2 Å². The van der Waals surface area contributed by atoms with Crippen LogP contribution in [0, 0.1) is 16.7 Å². The fourth-order valence-corrected chi connectivity index (χ4v) is 3.07. The lowest BCUT2D eigenvalue weighted by Crippen LogP contribution is -2.59. The van der Waals surface area contributed by atoms with E-state index in [2.05, 4.69) is 25.2 Å². The molecule has 3 atom stereocenters. The van der Waals surface area contributed by atoms with Crippen molar-refractivity contribution < 1.29 is 4.74 Å². The summed E-state index contributed by atoms with van der Waals surface area (Å²) in [7, 11) is 0. The molecule has 0 amide bonds. The molecule has 0 saturated heterocycles. The van der Waals surface area contributed by atoms with Crippen molar-refractivity contribution in [2.24, 2.45) is 5.41 Å². The molecule has 1 aromatic rings. The van der Waals surface area contributed by atoms with Crippen LogP contribution in [0.1, 0.15) is 39.2 Å². The van der Waals surface area contributed by atoms with E-state index in [9.17, 15) is 5.26 Å². The Kier molecular flexibility index (Phi) is 4.57. The van der Waals surface area contributed by atoms with Gasteiger partial charge in [0.25, 0.3) is 0 Å². The number of rotatable bonds is 5. The number of benzene rings is 1. The van der Waals surface area contributed by atoms with E-state index in [0.717, 1.165) is 25.1 Å². The quantitative estimate of drug-likeness (QED) is 0.884. The number of hydrogen-bond acceptors (Lipinski definition) is 3. The Bertz CT molecular complexity index is 526. The van der Waals surface area contributed by atoms with Gasteiger partial charge in [-0.25, -0.2) is 0 Å². The van der Waals surface area contributed by atoms with E-state index in [-0.39, 0.29) is 5.41 Å². The topological polar surface area (TPSA) is 45.0 Å². The lowest BCUT2D eigenvalue weighted by Gasteiger charge is -2.54. The molecule has 1 N–H and O–H groups in total. The summed E-state index contributed by atoms with van der Waals surface area (Å²) in [6.45, 7) is 7.20. The van der Waals surface area contributed by atoms with Crippen LogP contribution in [0.4, 0.5) is 5.69 Å². The van der Waals surface area contributed by atoms with Gasteiger partial charge in [0, 0.05) is 23.1 Å². The standard InChI is InChI=1S/C16H21ClN2O/c1-4-16(3)14(9-15(16)20-5-2)19-13-8-12(17)7-6-11(13)10-18/h6-8,14-15,19H,4-5,9H2,1-3H3. The zero-order valence-corrected chi connectivity index (χ0v) is 13.0. The first-order valence-electron chi connectivity index (χ1n) is 7.13. The lowest BCUT2D eigenvalue weighted by molar-refractivity contribution is -0.109. The molecule has 1 fully saturated rings. The zero-order valence-electron chi connectivity index (χ0n) is 12.2. The molecule has 1 saturated carbocycles. The van der Waals surface area contributed by atoms with Gasteiger partial charge in [-0.05, 0) is 38.0 Å². The van der Waals surface area contributed by atoms with Crippen LogP contribution in [-0.4, -0.2) is 18.8 Å². The van der Waals surface area contributed by atoms with Crippen molar-refractivity contribution in [1.29, 1.82) is 5.26 Å². The number of anilines is 1. The smallest absolute Gasteiger partial charge is 0.101 e. The van der Waals surface area contributed by atoms with Crippen molar-refractivity contribution in [3.63, 3.8) is 0 Å². The first kappa shape index (κ1) is 15.2. The van der Waals surface area contributed by atoms with E-state index >= 15 is 0 Å². The molecule has 0 radical (unpaired) electrons. The number of hydrogen-bond donors (Lipinski definition) is 1. The van der Waals surface area contributed by atoms with Crippen molar-refractivity contribution in [1.82, 2.24) is 0 Å². The number of nitriles is 1. The second-order valence-electron chi connectivity index (χ2n) is 5.54. The maximum atomic E-state index is 9.18. The van der Waals surface area contributed by atoms with E-state index in [0.29, 0.717) is 22.7 Å². The number of ether oxygens (including phenoxy) is 1. The summed E-state index contributed by atoms with van der Waals surface area (Å²) >= 11 is 6.03. The predicted octanol–water partition coefficient (Wildman–Crippen LogP) is 4.22. The molecule has 1 aliphatic rings. The highest BCUT2D eigenvalue weighted by atomic mass is 35.5. The van der Waals surface area contributed by atoms with E-state index < -0.39 is 0 Å². The Morgan fingerprint density at radius 2 is 2.25 bits per heavy atom. The third-order valence-electron chi connectivity index (χ3n) is 4.54. The fraction of sp³-hybridized carbons (Fsp3) is 0.562. The van der Waals surface area contributed by atoms with E-state index in [4.69, 9.17) is 16.3 Å². The van der Waals surface area contributed by atoms with Crippen LogP contribution >= 0.6 is 11.6 Å². The molecule has 2 rings (SSSR count). The Morgan fingerprint density at radius 3 is 2.85 bits per heavy atom. The molecule has 4 heteroatoms. The Balaban J connectivity index is 2.16. The van der Waals surface area contributed by atoms with Gasteiger partial charge in [-0.15, -0.1) is 0 Å². The molecule has 0 aromatic heterocycles. The first-order chi connectivity index (χ1) is 9.55.